The predicted molar refractivity (Wildman–Crippen MR) is 138 cm³/mol. The molecular weight excluding hydrogens is 496 g/mol. The van der Waals surface area contributed by atoms with Crippen molar-refractivity contribution in [3.63, 3.8) is 0 Å². The second kappa shape index (κ2) is 9.93. The number of rotatable bonds is 5. The number of amides is 3. The Morgan fingerprint density at radius 2 is 1.62 bits per heavy atom. The molecule has 4 rings (SSSR count). The van der Waals surface area contributed by atoms with Gasteiger partial charge in [-0.2, -0.15) is 0 Å². The number of anilines is 2. The topological polar surface area (TPSA) is 92.2 Å². The summed E-state index contributed by atoms with van der Waals surface area (Å²) in [6.07, 6.45) is 0.874. The molecular formula is C26H23BrN4O3. The number of aryl methyl sites for hydroxylation is 2. The van der Waals surface area contributed by atoms with Crippen molar-refractivity contribution in [2.75, 3.05) is 16.1 Å². The minimum Gasteiger partial charge on any atom is -0.320 e. The first-order chi connectivity index (χ1) is 16.4. The van der Waals surface area contributed by atoms with Gasteiger partial charge in [0.2, 0.25) is 0 Å². The van der Waals surface area contributed by atoms with Crippen molar-refractivity contribution in [1.29, 1.82) is 0 Å². The first kappa shape index (κ1) is 23.3. The van der Waals surface area contributed by atoms with E-state index in [0.717, 1.165) is 27.4 Å². The summed E-state index contributed by atoms with van der Waals surface area (Å²) in [5.74, 6) is -2.16. The molecule has 34 heavy (non-hydrogen) atoms. The van der Waals surface area contributed by atoms with Gasteiger partial charge in [0, 0.05) is 21.2 Å². The van der Waals surface area contributed by atoms with Gasteiger partial charge in [-0.3, -0.25) is 19.8 Å². The minimum atomic E-state index is -0.898. The number of hydrogen-bond donors (Lipinski definition) is 3. The van der Waals surface area contributed by atoms with Gasteiger partial charge in [0.05, 0.1) is 5.52 Å². The maximum atomic E-state index is 13.1. The highest BCUT2D eigenvalue weighted by Crippen LogP contribution is 2.24. The Bertz CT molecular complexity index is 1390. The number of halogens is 1. The summed E-state index contributed by atoms with van der Waals surface area (Å²) in [6.45, 7) is 3.93. The van der Waals surface area contributed by atoms with Crippen molar-refractivity contribution in [2.45, 2.75) is 20.3 Å². The molecule has 8 heteroatoms. The Labute approximate surface area is 205 Å². The Morgan fingerprint density at radius 1 is 0.882 bits per heavy atom. The smallest absolute Gasteiger partial charge is 0.320 e. The highest BCUT2D eigenvalue weighted by molar-refractivity contribution is 9.10. The van der Waals surface area contributed by atoms with Crippen LogP contribution in [0.5, 0.6) is 0 Å². The average Bonchev–Trinajstić information content (AvgIpc) is 3.18. The Balaban J connectivity index is 1.61. The fourth-order valence-electron chi connectivity index (χ4n) is 3.54. The van der Waals surface area contributed by atoms with Gasteiger partial charge in [-0.1, -0.05) is 53.2 Å². The zero-order valence-corrected chi connectivity index (χ0v) is 20.3. The Morgan fingerprint density at radius 3 is 2.32 bits per heavy atom. The van der Waals surface area contributed by atoms with Crippen molar-refractivity contribution >= 4 is 55.9 Å². The van der Waals surface area contributed by atoms with Crippen molar-refractivity contribution in [2.24, 2.45) is 0 Å². The van der Waals surface area contributed by atoms with E-state index < -0.39 is 17.7 Å². The van der Waals surface area contributed by atoms with E-state index in [-0.39, 0.29) is 5.69 Å². The van der Waals surface area contributed by atoms with Crippen LogP contribution in [-0.2, 0) is 16.0 Å². The van der Waals surface area contributed by atoms with Gasteiger partial charge in [-0.25, -0.2) is 4.68 Å². The molecule has 0 atom stereocenters. The minimum absolute atomic E-state index is 0.185. The molecule has 0 unspecified atom stereocenters. The fourth-order valence-corrected chi connectivity index (χ4v) is 3.92. The van der Waals surface area contributed by atoms with Crippen molar-refractivity contribution in [3.05, 3.63) is 94.1 Å². The molecule has 0 saturated carbocycles. The lowest BCUT2D eigenvalue weighted by Crippen LogP contribution is -2.36. The standard InChI is InChI=1S/C26H23BrN4O3/c1-3-17-8-11-20(12-9-17)28-25(33)26(34)30-31-22-13-10-19(27)14-18(22)15-23(31)24(32)29-21-7-5-4-6-16(21)2/h4-15H,3H2,1-2H3,(H,28,33)(H,29,32)(H,30,34). The maximum absolute atomic E-state index is 13.1. The van der Waals surface area contributed by atoms with Crippen LogP contribution in [0.1, 0.15) is 28.5 Å². The molecule has 172 valence electrons. The van der Waals surface area contributed by atoms with Crippen LogP contribution in [0.25, 0.3) is 10.9 Å². The lowest BCUT2D eigenvalue weighted by molar-refractivity contribution is -0.133. The lowest BCUT2D eigenvalue weighted by Gasteiger charge is -2.13. The average molecular weight is 519 g/mol. The van der Waals surface area contributed by atoms with Gasteiger partial charge >= 0.3 is 11.8 Å². The molecule has 3 aromatic carbocycles. The molecule has 0 bridgehead atoms. The zero-order valence-electron chi connectivity index (χ0n) is 18.7. The van der Waals surface area contributed by atoms with Gasteiger partial charge in [-0.05, 0) is 66.9 Å². The number of nitrogens with zero attached hydrogens (tertiary/aromatic N) is 1. The quantitative estimate of drug-likeness (QED) is 0.315. The molecule has 7 nitrogen and oxygen atoms in total. The van der Waals surface area contributed by atoms with Crippen LogP contribution in [-0.4, -0.2) is 22.4 Å². The van der Waals surface area contributed by atoms with E-state index in [4.69, 9.17) is 0 Å². The van der Waals surface area contributed by atoms with Crippen LogP contribution in [0.2, 0.25) is 0 Å². The van der Waals surface area contributed by atoms with Gasteiger partial charge in [0.1, 0.15) is 5.69 Å². The summed E-state index contributed by atoms with van der Waals surface area (Å²) in [4.78, 5) is 38.5. The lowest BCUT2D eigenvalue weighted by atomic mass is 10.1. The number of para-hydroxylation sites is 1. The number of carbonyl (C=O) groups excluding carboxylic acids is 3. The molecule has 1 heterocycles. The van der Waals surface area contributed by atoms with E-state index in [2.05, 4.69) is 32.0 Å². The van der Waals surface area contributed by atoms with E-state index in [0.29, 0.717) is 16.9 Å². The van der Waals surface area contributed by atoms with Crippen molar-refractivity contribution in [3.8, 4) is 0 Å². The van der Waals surface area contributed by atoms with Gasteiger partial charge in [-0.15, -0.1) is 0 Å². The Kier molecular flexibility index (Phi) is 6.79. The number of carbonyl (C=O) groups is 3. The third-order valence-corrected chi connectivity index (χ3v) is 5.92. The third kappa shape index (κ3) is 5.02. The summed E-state index contributed by atoms with van der Waals surface area (Å²) in [6, 6.07) is 21.7. The van der Waals surface area contributed by atoms with Crippen molar-refractivity contribution < 1.29 is 14.4 Å². The maximum Gasteiger partial charge on any atom is 0.328 e. The summed E-state index contributed by atoms with van der Waals surface area (Å²) in [5, 5.41) is 6.18. The normalized spacial score (nSPS) is 10.7. The first-order valence-electron chi connectivity index (χ1n) is 10.7. The molecule has 1 aromatic heterocycles. The fraction of sp³-hybridized carbons (Fsp3) is 0.115. The van der Waals surface area contributed by atoms with Crippen LogP contribution in [0.3, 0.4) is 0 Å². The summed E-state index contributed by atoms with van der Waals surface area (Å²) >= 11 is 3.43. The van der Waals surface area contributed by atoms with Crippen LogP contribution in [0, 0.1) is 6.92 Å². The number of hydrogen-bond acceptors (Lipinski definition) is 3. The van der Waals surface area contributed by atoms with Crippen LogP contribution in [0.15, 0.2) is 77.3 Å². The van der Waals surface area contributed by atoms with Crippen LogP contribution < -0.4 is 16.1 Å². The van der Waals surface area contributed by atoms with Gasteiger partial charge in [0.15, 0.2) is 0 Å². The highest BCUT2D eigenvalue weighted by atomic mass is 79.9. The monoisotopic (exact) mass is 518 g/mol. The molecule has 3 N–H and O–H groups in total. The summed E-state index contributed by atoms with van der Waals surface area (Å²) < 4.78 is 2.15. The summed E-state index contributed by atoms with van der Waals surface area (Å²) in [7, 11) is 0. The number of nitrogens with one attached hydrogen (secondary N) is 3. The predicted octanol–water partition coefficient (Wildman–Crippen LogP) is 5.24. The molecule has 0 fully saturated rings. The van der Waals surface area contributed by atoms with Gasteiger partial charge < -0.3 is 10.6 Å². The molecule has 0 aliphatic heterocycles. The van der Waals surface area contributed by atoms with Crippen LogP contribution >= 0.6 is 15.9 Å². The Hall–Kier alpha value is -3.91. The van der Waals surface area contributed by atoms with Gasteiger partial charge in [0.25, 0.3) is 5.91 Å². The molecule has 0 radical (unpaired) electrons. The first-order valence-corrected chi connectivity index (χ1v) is 11.5. The molecule has 4 aromatic rings. The molecule has 3 amide bonds. The number of benzene rings is 3. The van der Waals surface area contributed by atoms with E-state index >= 15 is 0 Å². The molecule has 0 spiro atoms. The molecule has 0 aliphatic carbocycles. The second-order valence-electron chi connectivity index (χ2n) is 7.78. The number of fused-ring (bicyclic) bond motifs is 1. The van der Waals surface area contributed by atoms with E-state index in [9.17, 15) is 14.4 Å². The largest absolute Gasteiger partial charge is 0.328 e. The highest BCUT2D eigenvalue weighted by Gasteiger charge is 2.21. The third-order valence-electron chi connectivity index (χ3n) is 5.43. The van der Waals surface area contributed by atoms with E-state index in [1.54, 1.807) is 36.4 Å². The van der Waals surface area contributed by atoms with Crippen molar-refractivity contribution in [1.82, 2.24) is 4.68 Å². The van der Waals surface area contributed by atoms with E-state index in [1.807, 2.05) is 50.2 Å². The molecule has 0 saturated heterocycles. The SMILES string of the molecule is CCc1ccc(NC(=O)C(=O)Nn2c(C(=O)Nc3ccccc3C)cc3cc(Br)ccc32)cc1. The summed E-state index contributed by atoms with van der Waals surface area (Å²) in [5.41, 5.74) is 6.52. The zero-order chi connectivity index (χ0) is 24.2. The van der Waals surface area contributed by atoms with E-state index in [1.165, 1.54) is 4.68 Å². The number of aromatic nitrogens is 1. The van der Waals surface area contributed by atoms with Crippen LogP contribution in [0.4, 0.5) is 11.4 Å². The molecule has 0 aliphatic rings. The second-order valence-corrected chi connectivity index (χ2v) is 8.70.